The lowest BCUT2D eigenvalue weighted by Crippen LogP contribution is -2.17. The average molecular weight is 349 g/mol. The zero-order valence-electron chi connectivity index (χ0n) is 9.27. The lowest BCUT2D eigenvalue weighted by molar-refractivity contribution is 0.521. The van der Waals surface area contributed by atoms with E-state index in [1.165, 1.54) is 12.3 Å². The van der Waals surface area contributed by atoms with Crippen molar-refractivity contribution in [3.63, 3.8) is 0 Å². The Morgan fingerprint density at radius 3 is 2.37 bits per heavy atom. The van der Waals surface area contributed by atoms with Crippen LogP contribution in [-0.4, -0.2) is 13.4 Å². The van der Waals surface area contributed by atoms with Gasteiger partial charge in [-0.3, -0.25) is 4.72 Å². The van der Waals surface area contributed by atoms with E-state index in [0.717, 1.165) is 18.2 Å². The Morgan fingerprint density at radius 2 is 1.79 bits per heavy atom. The second kappa shape index (κ2) is 5.22. The van der Waals surface area contributed by atoms with Gasteiger partial charge in [0.2, 0.25) is 0 Å². The topological polar surface area (TPSA) is 59.1 Å². The second-order valence-electron chi connectivity index (χ2n) is 3.52. The molecule has 0 aliphatic heterocycles. The molecule has 0 atom stereocenters. The van der Waals surface area contributed by atoms with E-state index in [2.05, 4.69) is 20.9 Å². The first kappa shape index (κ1) is 13.9. The molecular formula is C11H7BrF2N2O2S. The van der Waals surface area contributed by atoms with Crippen LogP contribution < -0.4 is 4.72 Å². The smallest absolute Gasteiger partial charge is 0.263 e. The quantitative estimate of drug-likeness (QED) is 0.927. The average Bonchev–Trinajstić information content (AvgIpc) is 2.27. The summed E-state index contributed by atoms with van der Waals surface area (Å²) >= 11 is 3.13. The van der Waals surface area contributed by atoms with E-state index in [4.69, 9.17) is 0 Å². The molecule has 1 N–H and O–H groups in total. The van der Waals surface area contributed by atoms with Gasteiger partial charge in [-0.05, 0) is 24.3 Å². The first-order valence-electron chi connectivity index (χ1n) is 4.98. The largest absolute Gasteiger partial charge is 0.268 e. The van der Waals surface area contributed by atoms with Crippen LogP contribution in [0.15, 0.2) is 45.9 Å². The number of anilines is 1. The Bertz CT molecular complexity index is 702. The number of pyridine rings is 1. The number of hydrogen-bond acceptors (Lipinski definition) is 3. The van der Waals surface area contributed by atoms with E-state index < -0.39 is 26.6 Å². The molecule has 0 fully saturated rings. The maximum absolute atomic E-state index is 13.4. The summed E-state index contributed by atoms with van der Waals surface area (Å²) in [6.45, 7) is 0. The SMILES string of the molecule is O=S(=O)(Nc1cc(Br)ccn1)c1c(F)cccc1F. The molecule has 0 spiro atoms. The lowest BCUT2D eigenvalue weighted by Gasteiger charge is -2.08. The normalized spacial score (nSPS) is 11.3. The zero-order valence-corrected chi connectivity index (χ0v) is 11.7. The van der Waals surface area contributed by atoms with Gasteiger partial charge < -0.3 is 0 Å². The first-order chi connectivity index (χ1) is 8.90. The van der Waals surface area contributed by atoms with Crippen LogP contribution in [0.5, 0.6) is 0 Å². The van der Waals surface area contributed by atoms with Gasteiger partial charge in [0.1, 0.15) is 17.5 Å². The van der Waals surface area contributed by atoms with E-state index in [0.29, 0.717) is 4.47 Å². The minimum atomic E-state index is -4.37. The number of rotatable bonds is 3. The lowest BCUT2D eigenvalue weighted by atomic mass is 10.3. The highest BCUT2D eigenvalue weighted by atomic mass is 79.9. The highest BCUT2D eigenvalue weighted by Gasteiger charge is 2.24. The highest BCUT2D eigenvalue weighted by Crippen LogP contribution is 2.22. The number of halogens is 3. The zero-order chi connectivity index (χ0) is 14.0. The maximum Gasteiger partial charge on any atom is 0.268 e. The maximum atomic E-state index is 13.4. The molecule has 0 saturated heterocycles. The van der Waals surface area contributed by atoms with Gasteiger partial charge in [0.25, 0.3) is 10.0 Å². The number of hydrogen-bond donors (Lipinski definition) is 1. The Kier molecular flexibility index (Phi) is 3.81. The highest BCUT2D eigenvalue weighted by molar-refractivity contribution is 9.10. The summed E-state index contributed by atoms with van der Waals surface area (Å²) < 4.78 is 53.3. The van der Waals surface area contributed by atoms with Crippen molar-refractivity contribution in [2.45, 2.75) is 4.90 Å². The van der Waals surface area contributed by atoms with Crippen molar-refractivity contribution in [3.05, 3.63) is 52.6 Å². The second-order valence-corrected chi connectivity index (χ2v) is 6.05. The molecule has 0 aliphatic carbocycles. The predicted octanol–water partition coefficient (Wildman–Crippen LogP) is 2.92. The molecule has 0 bridgehead atoms. The van der Waals surface area contributed by atoms with E-state index in [1.807, 2.05) is 4.72 Å². The number of nitrogens with zero attached hydrogens (tertiary/aromatic N) is 1. The predicted molar refractivity (Wildman–Crippen MR) is 69.1 cm³/mol. The Labute approximate surface area is 116 Å². The molecule has 1 heterocycles. The molecule has 8 heteroatoms. The Hall–Kier alpha value is -1.54. The molecule has 0 saturated carbocycles. The standard InChI is InChI=1S/C11H7BrF2N2O2S/c12-7-4-5-15-10(6-7)16-19(17,18)11-8(13)2-1-3-9(11)14/h1-6H,(H,15,16). The van der Waals surface area contributed by atoms with Gasteiger partial charge >= 0.3 is 0 Å². The molecule has 4 nitrogen and oxygen atoms in total. The Morgan fingerprint density at radius 1 is 1.16 bits per heavy atom. The summed E-state index contributed by atoms with van der Waals surface area (Å²) in [4.78, 5) is 2.71. The van der Waals surface area contributed by atoms with Crippen molar-refractivity contribution < 1.29 is 17.2 Å². The summed E-state index contributed by atoms with van der Waals surface area (Å²) in [5, 5.41) is 0. The van der Waals surface area contributed by atoms with Crippen molar-refractivity contribution in [1.29, 1.82) is 0 Å². The molecule has 100 valence electrons. The van der Waals surface area contributed by atoms with Crippen molar-refractivity contribution in [2.75, 3.05) is 4.72 Å². The van der Waals surface area contributed by atoms with Crippen molar-refractivity contribution in [2.24, 2.45) is 0 Å². The fourth-order valence-electron chi connectivity index (χ4n) is 1.39. The molecule has 1 aromatic carbocycles. The fourth-order valence-corrected chi connectivity index (χ4v) is 2.86. The van der Waals surface area contributed by atoms with Crippen molar-refractivity contribution in [1.82, 2.24) is 4.98 Å². The third-order valence-corrected chi connectivity index (χ3v) is 4.05. The summed E-state index contributed by atoms with van der Waals surface area (Å²) in [5.41, 5.74) is 0. The molecule has 19 heavy (non-hydrogen) atoms. The first-order valence-corrected chi connectivity index (χ1v) is 7.26. The summed E-state index contributed by atoms with van der Waals surface area (Å²) in [5.74, 6) is -2.37. The number of nitrogens with one attached hydrogen (secondary N) is 1. The van der Waals surface area contributed by atoms with Gasteiger partial charge in [-0.15, -0.1) is 0 Å². The van der Waals surface area contributed by atoms with Gasteiger partial charge in [0, 0.05) is 10.7 Å². The number of benzene rings is 1. The third kappa shape index (κ3) is 3.07. The summed E-state index contributed by atoms with van der Waals surface area (Å²) in [7, 11) is -4.37. The fraction of sp³-hybridized carbons (Fsp3) is 0. The third-order valence-electron chi connectivity index (χ3n) is 2.15. The van der Waals surface area contributed by atoms with Crippen molar-refractivity contribution >= 4 is 31.8 Å². The van der Waals surface area contributed by atoms with Crippen LogP contribution >= 0.6 is 15.9 Å². The van der Waals surface area contributed by atoms with Crippen LogP contribution in [0, 0.1) is 11.6 Å². The molecule has 0 aliphatic rings. The van der Waals surface area contributed by atoms with Crippen LogP contribution in [0.2, 0.25) is 0 Å². The number of sulfonamides is 1. The van der Waals surface area contributed by atoms with Gasteiger partial charge in [-0.1, -0.05) is 22.0 Å². The molecule has 0 unspecified atom stereocenters. The van der Waals surface area contributed by atoms with Crippen LogP contribution in [-0.2, 0) is 10.0 Å². The molecule has 2 aromatic rings. The Balaban J connectivity index is 2.44. The van der Waals surface area contributed by atoms with E-state index in [9.17, 15) is 17.2 Å². The summed E-state index contributed by atoms with van der Waals surface area (Å²) in [6, 6.07) is 5.77. The summed E-state index contributed by atoms with van der Waals surface area (Å²) in [6.07, 6.45) is 1.35. The van der Waals surface area contributed by atoms with E-state index >= 15 is 0 Å². The molecule has 0 amide bonds. The van der Waals surface area contributed by atoms with E-state index in [1.54, 1.807) is 6.07 Å². The minimum absolute atomic E-state index is 0.0444. The van der Waals surface area contributed by atoms with Gasteiger partial charge in [-0.25, -0.2) is 22.2 Å². The van der Waals surface area contributed by atoms with Crippen molar-refractivity contribution in [3.8, 4) is 0 Å². The van der Waals surface area contributed by atoms with Gasteiger partial charge in [-0.2, -0.15) is 0 Å². The van der Waals surface area contributed by atoms with Gasteiger partial charge in [0.15, 0.2) is 4.90 Å². The molecule has 1 aromatic heterocycles. The van der Waals surface area contributed by atoms with Crippen LogP contribution in [0.1, 0.15) is 0 Å². The van der Waals surface area contributed by atoms with Crippen LogP contribution in [0.25, 0.3) is 0 Å². The molecule has 2 rings (SSSR count). The van der Waals surface area contributed by atoms with Crippen LogP contribution in [0.4, 0.5) is 14.6 Å². The molecule has 0 radical (unpaired) electrons. The molecular weight excluding hydrogens is 342 g/mol. The van der Waals surface area contributed by atoms with E-state index in [-0.39, 0.29) is 5.82 Å². The van der Waals surface area contributed by atoms with Gasteiger partial charge in [0.05, 0.1) is 0 Å². The minimum Gasteiger partial charge on any atom is -0.263 e. The van der Waals surface area contributed by atoms with Crippen LogP contribution in [0.3, 0.4) is 0 Å². The monoisotopic (exact) mass is 348 g/mol. The number of aromatic nitrogens is 1.